The molecule has 47 heavy (non-hydrogen) atoms. The molecule has 3 aliphatic heterocycles. The number of ether oxygens (including phenoxy) is 1. The van der Waals surface area contributed by atoms with Gasteiger partial charge in [-0.15, -0.1) is 11.8 Å². The molecule has 2 saturated carbocycles. The molecule has 4 aromatic rings. The van der Waals surface area contributed by atoms with Crippen molar-refractivity contribution >= 4 is 62.9 Å². The maximum atomic E-state index is 17.1. The zero-order valence-corrected chi connectivity index (χ0v) is 29.1. The third kappa shape index (κ3) is 5.01. The Morgan fingerprint density at radius 2 is 2.00 bits per heavy atom. The Labute approximate surface area is 287 Å². The summed E-state index contributed by atoms with van der Waals surface area (Å²) in [5.41, 5.74) is 3.27. The predicted molar refractivity (Wildman–Crippen MR) is 185 cm³/mol. The van der Waals surface area contributed by atoms with Crippen molar-refractivity contribution in [1.82, 2.24) is 19.8 Å². The summed E-state index contributed by atoms with van der Waals surface area (Å²) in [7, 11) is 0. The summed E-state index contributed by atoms with van der Waals surface area (Å²) in [6, 6.07) is 12.4. The highest BCUT2D eigenvalue weighted by Crippen LogP contribution is 2.55. The monoisotopic (exact) mass is 691 g/mol. The Balaban J connectivity index is 1.37. The van der Waals surface area contributed by atoms with Gasteiger partial charge in [-0.05, 0) is 82.4 Å². The van der Waals surface area contributed by atoms with E-state index in [0.717, 1.165) is 28.8 Å². The van der Waals surface area contributed by atoms with Crippen LogP contribution in [0.25, 0.3) is 32.9 Å². The zero-order chi connectivity index (χ0) is 32.9. The summed E-state index contributed by atoms with van der Waals surface area (Å²) in [6.45, 7) is 6.31. The molecule has 9 rings (SSSR count). The van der Waals surface area contributed by atoms with Crippen LogP contribution in [-0.2, 0) is 11.2 Å². The van der Waals surface area contributed by atoms with Crippen LogP contribution in [0.15, 0.2) is 35.4 Å². The van der Waals surface area contributed by atoms with Gasteiger partial charge in [0.05, 0.1) is 33.7 Å². The van der Waals surface area contributed by atoms with Gasteiger partial charge in [-0.25, -0.2) is 14.2 Å². The first kappa shape index (κ1) is 31.3. The standard InChI is InChI=1S/C36H36Cl2FN5O2S/c1-36(2,3)46-35(45)43-16-19-14-27(43)32(19)44-26(25-13-18-12-24(18)41-25)15-22-33(44)21-11-17(7-6-10-40)28(20-8-5-9-23(37)29(20)38)30(39)31(21)42-34(22)47-4/h5,8-9,11,15,18-19,24-25,27,32,41H,6-7,12-14,16H2,1-4H3/t18-,19-,24-,25-,27-,32+/m1/s1. The minimum absolute atomic E-state index is 0.0199. The molecule has 5 fully saturated rings. The molecule has 244 valence electrons. The Morgan fingerprint density at radius 1 is 1.19 bits per heavy atom. The lowest BCUT2D eigenvalue weighted by Crippen LogP contribution is -2.44. The SMILES string of the molecule is CSc1nc2c(F)c(-c3cccc(Cl)c3Cl)c(CCC#N)cc2c2c1cc([C@H]1C[C@H]3C[C@H]3N1)n2[C@H]1[C@@H]2C[C@H]1N(C(=O)OC(C)(C)C)C2. The number of aromatic nitrogens is 2. The predicted octanol–water partition coefficient (Wildman–Crippen LogP) is 9.08. The quantitative estimate of drug-likeness (QED) is 0.203. The van der Waals surface area contributed by atoms with E-state index in [2.05, 4.69) is 22.0 Å². The van der Waals surface area contributed by atoms with E-state index in [1.807, 2.05) is 38.0 Å². The summed E-state index contributed by atoms with van der Waals surface area (Å²) in [4.78, 5) is 20.2. The van der Waals surface area contributed by atoms with Gasteiger partial charge >= 0.3 is 6.09 Å². The molecule has 2 aliphatic carbocycles. The highest BCUT2D eigenvalue weighted by molar-refractivity contribution is 7.98. The van der Waals surface area contributed by atoms with Gasteiger partial charge in [-0.1, -0.05) is 35.3 Å². The average molecular weight is 693 g/mol. The van der Waals surface area contributed by atoms with Crippen molar-refractivity contribution in [1.29, 1.82) is 5.26 Å². The maximum Gasteiger partial charge on any atom is 0.410 e. The molecule has 1 amide bonds. The fourth-order valence-corrected chi connectivity index (χ4v) is 9.25. The molecule has 1 N–H and O–H groups in total. The smallest absolute Gasteiger partial charge is 0.410 e. The molecule has 5 aliphatic rings. The van der Waals surface area contributed by atoms with Gasteiger partial charge in [0.25, 0.3) is 0 Å². The number of aryl methyl sites for hydroxylation is 1. The van der Waals surface area contributed by atoms with E-state index in [4.69, 9.17) is 32.9 Å². The molecule has 6 atom stereocenters. The van der Waals surface area contributed by atoms with Crippen LogP contribution >= 0.6 is 35.0 Å². The second kappa shape index (κ2) is 11.3. The van der Waals surface area contributed by atoms with Gasteiger partial charge in [-0.3, -0.25) is 0 Å². The van der Waals surface area contributed by atoms with Crippen molar-refractivity contribution < 1.29 is 13.9 Å². The minimum Gasteiger partial charge on any atom is -0.444 e. The Kier molecular flexibility index (Phi) is 7.49. The minimum atomic E-state index is -0.588. The summed E-state index contributed by atoms with van der Waals surface area (Å²) >= 11 is 14.6. The van der Waals surface area contributed by atoms with Gasteiger partial charge in [0.15, 0.2) is 5.82 Å². The van der Waals surface area contributed by atoms with Crippen LogP contribution in [0.1, 0.15) is 69.8 Å². The highest BCUT2D eigenvalue weighted by Gasteiger charge is 2.57. The van der Waals surface area contributed by atoms with E-state index < -0.39 is 11.4 Å². The first-order valence-electron chi connectivity index (χ1n) is 16.3. The van der Waals surface area contributed by atoms with Crippen molar-refractivity contribution in [3.63, 3.8) is 0 Å². The van der Waals surface area contributed by atoms with Crippen molar-refractivity contribution in [3.8, 4) is 17.2 Å². The first-order chi connectivity index (χ1) is 22.5. The summed E-state index contributed by atoms with van der Waals surface area (Å²) in [5.74, 6) is 0.460. The molecule has 5 heterocycles. The van der Waals surface area contributed by atoms with E-state index in [1.165, 1.54) is 23.9 Å². The Hall–Kier alpha value is -3.03. The lowest BCUT2D eigenvalue weighted by atomic mass is 9.79. The van der Waals surface area contributed by atoms with Crippen molar-refractivity contribution in [2.75, 3.05) is 12.8 Å². The van der Waals surface area contributed by atoms with E-state index in [9.17, 15) is 10.1 Å². The second-order valence-corrected chi connectivity index (χ2v) is 16.0. The van der Waals surface area contributed by atoms with E-state index in [1.54, 1.807) is 18.2 Å². The van der Waals surface area contributed by atoms with Crippen LogP contribution in [0.4, 0.5) is 9.18 Å². The number of benzene rings is 2. The van der Waals surface area contributed by atoms with E-state index >= 15 is 4.39 Å². The van der Waals surface area contributed by atoms with Crippen LogP contribution in [0.5, 0.6) is 0 Å². The summed E-state index contributed by atoms with van der Waals surface area (Å²) in [5, 5.41) is 16.4. The van der Waals surface area contributed by atoms with Crippen LogP contribution in [0.2, 0.25) is 10.0 Å². The van der Waals surface area contributed by atoms with Gasteiger partial charge in [-0.2, -0.15) is 5.26 Å². The van der Waals surface area contributed by atoms with Crippen molar-refractivity contribution in [2.45, 2.75) is 87.7 Å². The van der Waals surface area contributed by atoms with Crippen LogP contribution in [0, 0.1) is 29.0 Å². The van der Waals surface area contributed by atoms with Crippen LogP contribution < -0.4 is 5.32 Å². The molecule has 0 unspecified atom stereocenters. The van der Waals surface area contributed by atoms with E-state index in [-0.39, 0.29) is 47.1 Å². The molecule has 0 spiro atoms. The number of hydrogen-bond acceptors (Lipinski definition) is 6. The summed E-state index contributed by atoms with van der Waals surface area (Å²) in [6.07, 6.45) is 5.42. The number of rotatable bonds is 6. The lowest BCUT2D eigenvalue weighted by molar-refractivity contribution is 0.0209. The van der Waals surface area contributed by atoms with Gasteiger partial charge < -0.3 is 19.5 Å². The van der Waals surface area contributed by atoms with Crippen molar-refractivity contribution in [2.24, 2.45) is 11.8 Å². The molecule has 2 bridgehead atoms. The largest absolute Gasteiger partial charge is 0.444 e. The Bertz CT molecular complexity index is 2010. The topological polar surface area (TPSA) is 83.2 Å². The fraction of sp³-hybridized carbons (Fsp3) is 0.472. The number of fused-ring (bicyclic) bond motifs is 5. The highest BCUT2D eigenvalue weighted by atomic mass is 35.5. The molecule has 2 aromatic carbocycles. The number of halogens is 3. The normalized spacial score (nSPS) is 26.0. The first-order valence-corrected chi connectivity index (χ1v) is 18.3. The van der Waals surface area contributed by atoms with Gasteiger partial charge in [0.1, 0.15) is 16.1 Å². The number of thioether (sulfide) groups is 1. The fourth-order valence-electron chi connectivity index (χ4n) is 8.30. The average Bonchev–Trinajstić information content (AvgIpc) is 3.44. The number of pyridine rings is 1. The zero-order valence-electron chi connectivity index (χ0n) is 26.7. The third-order valence-electron chi connectivity index (χ3n) is 10.4. The molecule has 0 radical (unpaired) electrons. The number of amides is 1. The van der Waals surface area contributed by atoms with Gasteiger partial charge in [0, 0.05) is 58.6 Å². The number of carbonyl (C=O) groups is 1. The molecule has 2 aromatic heterocycles. The molecule has 3 saturated heterocycles. The van der Waals surface area contributed by atoms with Crippen LogP contribution in [-0.4, -0.2) is 51.0 Å². The van der Waals surface area contributed by atoms with Gasteiger partial charge in [0.2, 0.25) is 0 Å². The number of nitrogens with zero attached hydrogens (tertiary/aromatic N) is 4. The lowest BCUT2D eigenvalue weighted by Gasteiger charge is -2.40. The number of nitrogens with one attached hydrogen (secondary N) is 1. The number of piperidine rings is 1. The number of carbonyl (C=O) groups excluding carboxylic acids is 1. The number of hydrogen-bond donors (Lipinski definition) is 1. The molecule has 7 nitrogen and oxygen atoms in total. The van der Waals surface area contributed by atoms with Crippen LogP contribution in [0.3, 0.4) is 0 Å². The number of nitriles is 1. The third-order valence-corrected chi connectivity index (χ3v) is 11.9. The second-order valence-electron chi connectivity index (χ2n) is 14.4. The maximum absolute atomic E-state index is 17.1. The molecule has 11 heteroatoms. The summed E-state index contributed by atoms with van der Waals surface area (Å²) < 4.78 is 25.4. The molecular formula is C36H36Cl2FN5O2S. The van der Waals surface area contributed by atoms with Crippen molar-refractivity contribution in [3.05, 3.63) is 57.5 Å². The molecular weight excluding hydrogens is 656 g/mol. The Morgan fingerprint density at radius 3 is 2.70 bits per heavy atom. The van der Waals surface area contributed by atoms with E-state index in [0.29, 0.717) is 52.0 Å².